The second-order valence-corrected chi connectivity index (χ2v) is 11.0. The fraction of sp³-hybridized carbons (Fsp3) is 0.0233. The number of hydrogen-bond acceptors (Lipinski definition) is 0. The van der Waals surface area contributed by atoms with Gasteiger partial charge in [0.25, 0.3) is 0 Å². The molecule has 0 unspecified atom stereocenters. The zero-order valence-electron chi connectivity index (χ0n) is 34.0. The Bertz CT molecular complexity index is 3040. The Morgan fingerprint density at radius 1 is 0.444 bits per heavy atom. The van der Waals surface area contributed by atoms with E-state index in [0.717, 1.165) is 27.8 Å². The number of benzene rings is 7. The molecular formula is C43H30N2. The molecule has 9 aromatic rings. The van der Waals surface area contributed by atoms with Gasteiger partial charge in [0.1, 0.15) is 0 Å². The van der Waals surface area contributed by atoms with Crippen LogP contribution in [0.2, 0.25) is 0 Å². The quantitative estimate of drug-likeness (QED) is 0.190. The van der Waals surface area contributed by atoms with Crippen LogP contribution in [-0.2, 0) is 6.54 Å². The Balaban J connectivity index is 1.47. The Morgan fingerprint density at radius 2 is 1.00 bits per heavy atom. The normalized spacial score (nSPS) is 14.8. The van der Waals surface area contributed by atoms with E-state index >= 15 is 0 Å². The first-order chi connectivity index (χ1) is 26.5. The van der Waals surface area contributed by atoms with Crippen LogP contribution < -0.4 is 0 Å². The summed E-state index contributed by atoms with van der Waals surface area (Å²) in [4.78, 5) is 0. The molecule has 0 spiro atoms. The van der Waals surface area contributed by atoms with Crippen LogP contribution in [0.3, 0.4) is 0 Å². The molecule has 212 valence electrons. The van der Waals surface area contributed by atoms with Crippen molar-refractivity contribution in [1.82, 2.24) is 9.13 Å². The number of hydrogen-bond donors (Lipinski definition) is 0. The maximum Gasteiger partial charge on any atom is 0.0646 e. The van der Waals surface area contributed by atoms with Gasteiger partial charge in [-0.2, -0.15) is 0 Å². The molecule has 7 aromatic carbocycles. The van der Waals surface area contributed by atoms with Gasteiger partial charge >= 0.3 is 0 Å². The number of aromatic nitrogens is 2. The van der Waals surface area contributed by atoms with Crippen LogP contribution in [0.1, 0.15) is 19.3 Å². The van der Waals surface area contributed by atoms with E-state index in [1.165, 1.54) is 0 Å². The molecule has 2 nitrogen and oxygen atoms in total. The molecule has 2 heterocycles. The summed E-state index contributed by atoms with van der Waals surface area (Å²) >= 11 is 0. The summed E-state index contributed by atoms with van der Waals surface area (Å²) in [7, 11) is 0. The van der Waals surface area contributed by atoms with Gasteiger partial charge in [0.05, 0.1) is 30.3 Å². The van der Waals surface area contributed by atoms with Crippen LogP contribution in [0.15, 0.2) is 170 Å². The Hall–Kier alpha value is -5.86. The number of para-hydroxylation sites is 2. The van der Waals surface area contributed by atoms with Gasteiger partial charge in [0.2, 0.25) is 0 Å². The van der Waals surface area contributed by atoms with Crippen molar-refractivity contribution in [1.29, 1.82) is 0 Å². The van der Waals surface area contributed by atoms with Gasteiger partial charge in [0, 0.05) is 39.3 Å². The number of fused-ring (bicyclic) bond motifs is 7. The van der Waals surface area contributed by atoms with Crippen molar-refractivity contribution >= 4 is 43.6 Å². The lowest BCUT2D eigenvalue weighted by Crippen LogP contribution is -2.01. The summed E-state index contributed by atoms with van der Waals surface area (Å²) in [5.41, 5.74) is 5.59. The van der Waals surface area contributed by atoms with Crippen LogP contribution >= 0.6 is 0 Å². The van der Waals surface area contributed by atoms with Crippen LogP contribution in [0.5, 0.6) is 0 Å². The molecule has 0 bridgehead atoms. The highest BCUT2D eigenvalue weighted by atomic mass is 15.0. The SMILES string of the molecule is [2H]c1c([2H])c([2H])c2c(c1[2H])c1c3c4c([2H])c([2H])c([2H])c([2H])c4n(-c4ccc(-c5ccccc5)cc4)c3c([2H])c([2H])c1n2Cc1ccccc1-c1ccccc1. The van der Waals surface area contributed by atoms with E-state index in [4.69, 9.17) is 5.48 Å². The van der Waals surface area contributed by atoms with Crippen molar-refractivity contribution in [3.05, 3.63) is 175 Å². The van der Waals surface area contributed by atoms with Gasteiger partial charge in [-0.05, 0) is 64.1 Å². The lowest BCUT2D eigenvalue weighted by molar-refractivity contribution is 0.871. The van der Waals surface area contributed by atoms with Gasteiger partial charge < -0.3 is 9.13 Å². The largest absolute Gasteiger partial charge is 0.336 e. The molecule has 0 aliphatic heterocycles. The van der Waals surface area contributed by atoms with E-state index in [0.29, 0.717) is 5.69 Å². The first-order valence-corrected chi connectivity index (χ1v) is 14.8. The van der Waals surface area contributed by atoms with E-state index < -0.39 is 24.2 Å². The Morgan fingerprint density at radius 3 is 1.76 bits per heavy atom. The fourth-order valence-corrected chi connectivity index (χ4v) is 6.48. The Labute approximate surface area is 276 Å². The predicted octanol–water partition coefficient (Wildman–Crippen LogP) is 11.3. The number of nitrogens with zero attached hydrogens (tertiary/aromatic N) is 2. The van der Waals surface area contributed by atoms with E-state index in [-0.39, 0.29) is 86.4 Å². The molecule has 0 radical (unpaired) electrons. The third kappa shape index (κ3) is 4.11. The lowest BCUT2D eigenvalue weighted by atomic mass is 9.99. The monoisotopic (exact) mass is 584 g/mol. The molecule has 0 amide bonds. The molecule has 2 heteroatoms. The van der Waals surface area contributed by atoms with Crippen molar-refractivity contribution in [2.75, 3.05) is 0 Å². The zero-order chi connectivity index (χ0) is 38.4. The average molecular weight is 585 g/mol. The van der Waals surface area contributed by atoms with Gasteiger partial charge in [-0.3, -0.25) is 0 Å². The van der Waals surface area contributed by atoms with Gasteiger partial charge in [-0.15, -0.1) is 0 Å². The minimum Gasteiger partial charge on any atom is -0.336 e. The third-order valence-electron chi connectivity index (χ3n) is 8.51. The van der Waals surface area contributed by atoms with Crippen molar-refractivity contribution in [3.8, 4) is 27.9 Å². The molecule has 0 fully saturated rings. The highest BCUT2D eigenvalue weighted by Gasteiger charge is 2.20. The summed E-state index contributed by atoms with van der Waals surface area (Å²) in [6.07, 6.45) is 0. The van der Waals surface area contributed by atoms with Crippen molar-refractivity contribution in [3.63, 3.8) is 0 Å². The highest BCUT2D eigenvalue weighted by Crippen LogP contribution is 2.42. The summed E-state index contributed by atoms with van der Waals surface area (Å²) in [6.45, 7) is 0.0849. The van der Waals surface area contributed by atoms with Crippen LogP contribution in [0.4, 0.5) is 0 Å². The molecule has 0 aliphatic rings. The average Bonchev–Trinajstić information content (AvgIpc) is 3.75. The third-order valence-corrected chi connectivity index (χ3v) is 8.51. The van der Waals surface area contributed by atoms with E-state index in [1.807, 2.05) is 109 Å². The molecule has 0 atom stereocenters. The summed E-state index contributed by atoms with van der Waals surface area (Å²) in [5, 5.41) is 0.658. The standard InChI is InChI=1S/C43H30N2/c1-3-13-30(14-4-1)31-23-25-34(26-24-31)45-39-22-12-10-20-37(39)43-41(45)28-27-40-42(43)36-19-9-11-21-38(36)44(40)29-33-17-7-8-18-35(33)32-15-5-2-6-16-32/h1-28H,29H2/i9D,10D,11D,12D,19D,20D,21D,22D,27D,28D. The fourth-order valence-electron chi connectivity index (χ4n) is 6.48. The van der Waals surface area contributed by atoms with Crippen molar-refractivity contribution in [2.45, 2.75) is 6.54 Å². The van der Waals surface area contributed by atoms with Crippen LogP contribution in [0.25, 0.3) is 71.6 Å². The second-order valence-electron chi connectivity index (χ2n) is 11.0. The van der Waals surface area contributed by atoms with Crippen LogP contribution in [0, 0.1) is 0 Å². The second kappa shape index (κ2) is 10.4. The molecule has 2 aromatic heterocycles. The zero-order valence-corrected chi connectivity index (χ0v) is 24.0. The predicted molar refractivity (Wildman–Crippen MR) is 190 cm³/mol. The summed E-state index contributed by atoms with van der Waals surface area (Å²) in [6, 6.07) is 30.9. The first-order valence-electron chi connectivity index (χ1n) is 19.8. The van der Waals surface area contributed by atoms with E-state index in [1.54, 1.807) is 9.13 Å². The minimum atomic E-state index is -0.479. The van der Waals surface area contributed by atoms with E-state index in [2.05, 4.69) is 0 Å². The van der Waals surface area contributed by atoms with E-state index in [9.17, 15) is 8.22 Å². The summed E-state index contributed by atoms with van der Waals surface area (Å²) < 4.78 is 94.3. The Kier molecular flexibility index (Phi) is 4.03. The molecular weight excluding hydrogens is 544 g/mol. The van der Waals surface area contributed by atoms with Gasteiger partial charge in [0.15, 0.2) is 0 Å². The molecule has 0 saturated heterocycles. The molecule has 0 saturated carbocycles. The maximum absolute atomic E-state index is 9.64. The molecule has 0 aliphatic carbocycles. The summed E-state index contributed by atoms with van der Waals surface area (Å²) in [5.74, 6) is 0. The maximum atomic E-state index is 9.64. The molecule has 0 N–H and O–H groups in total. The number of rotatable bonds is 5. The minimum absolute atomic E-state index is 0.0849. The van der Waals surface area contributed by atoms with Crippen molar-refractivity contribution in [2.24, 2.45) is 0 Å². The van der Waals surface area contributed by atoms with Crippen LogP contribution in [-0.4, -0.2) is 9.13 Å². The lowest BCUT2D eigenvalue weighted by Gasteiger charge is -2.13. The van der Waals surface area contributed by atoms with Crippen molar-refractivity contribution < 1.29 is 13.7 Å². The molecule has 45 heavy (non-hydrogen) atoms. The van der Waals surface area contributed by atoms with Gasteiger partial charge in [-0.25, -0.2) is 0 Å². The molecule has 9 rings (SSSR count). The smallest absolute Gasteiger partial charge is 0.0646 e. The topological polar surface area (TPSA) is 9.86 Å². The highest BCUT2D eigenvalue weighted by molar-refractivity contribution is 6.28. The van der Waals surface area contributed by atoms with Gasteiger partial charge in [-0.1, -0.05) is 133 Å². The first kappa shape index (κ1) is 17.4.